The Labute approximate surface area is 210 Å². The first-order valence-corrected chi connectivity index (χ1v) is 11.8. The molecule has 4 rings (SSSR count). The molecular formula is C25H26F3N5O4. The number of piperidine rings is 1. The average molecular weight is 518 g/mol. The van der Waals surface area contributed by atoms with Crippen LogP contribution in [0, 0.1) is 5.92 Å². The summed E-state index contributed by atoms with van der Waals surface area (Å²) in [5, 5.41) is 2.63. The summed E-state index contributed by atoms with van der Waals surface area (Å²) >= 11 is 0. The maximum Gasteiger partial charge on any atom is 0.421 e. The van der Waals surface area contributed by atoms with Gasteiger partial charge >= 0.3 is 6.18 Å². The number of H-pyrrole nitrogens is 1. The van der Waals surface area contributed by atoms with Crippen molar-refractivity contribution in [2.75, 3.05) is 13.1 Å². The van der Waals surface area contributed by atoms with E-state index in [1.54, 1.807) is 43.0 Å². The Kier molecular flexibility index (Phi) is 7.46. The SMILES string of the molecule is CC(C)[C@H](NC(=O)c1nc2ccccc2[nH]c1=O)C(=O)N1CCC(Oc2ccncc2C(F)(F)F)CC1. The molecule has 0 saturated carbocycles. The molecular weight excluding hydrogens is 491 g/mol. The second-order valence-corrected chi connectivity index (χ2v) is 9.14. The van der Waals surface area contributed by atoms with E-state index in [0.717, 1.165) is 6.20 Å². The minimum Gasteiger partial charge on any atom is -0.490 e. The third-order valence-electron chi connectivity index (χ3n) is 6.17. The van der Waals surface area contributed by atoms with Gasteiger partial charge in [0.15, 0.2) is 5.69 Å². The number of nitrogens with one attached hydrogen (secondary N) is 2. The van der Waals surface area contributed by atoms with Gasteiger partial charge in [-0.25, -0.2) is 4.98 Å². The van der Waals surface area contributed by atoms with Crippen LogP contribution < -0.4 is 15.6 Å². The molecule has 1 atom stereocenters. The molecule has 2 amide bonds. The minimum atomic E-state index is -4.59. The molecule has 2 aromatic heterocycles. The fraction of sp³-hybridized carbons (Fsp3) is 0.400. The molecule has 3 aromatic rings. The van der Waals surface area contributed by atoms with E-state index in [1.807, 2.05) is 0 Å². The van der Waals surface area contributed by atoms with Crippen LogP contribution in [0.5, 0.6) is 5.75 Å². The first kappa shape index (κ1) is 26.1. The van der Waals surface area contributed by atoms with Crippen LogP contribution in [0.1, 0.15) is 42.7 Å². The molecule has 196 valence electrons. The van der Waals surface area contributed by atoms with Gasteiger partial charge in [-0.15, -0.1) is 0 Å². The van der Waals surface area contributed by atoms with Gasteiger partial charge in [-0.05, 0) is 24.1 Å². The van der Waals surface area contributed by atoms with Crippen molar-refractivity contribution in [2.24, 2.45) is 5.92 Å². The smallest absolute Gasteiger partial charge is 0.421 e. The molecule has 2 N–H and O–H groups in total. The first-order chi connectivity index (χ1) is 17.5. The van der Waals surface area contributed by atoms with Crippen molar-refractivity contribution < 1.29 is 27.5 Å². The number of rotatable bonds is 6. The van der Waals surface area contributed by atoms with Crippen LogP contribution >= 0.6 is 0 Å². The predicted molar refractivity (Wildman–Crippen MR) is 128 cm³/mol. The molecule has 9 nitrogen and oxygen atoms in total. The van der Waals surface area contributed by atoms with Crippen molar-refractivity contribution in [1.82, 2.24) is 25.2 Å². The number of hydrogen-bond donors (Lipinski definition) is 2. The number of pyridine rings is 1. The summed E-state index contributed by atoms with van der Waals surface area (Å²) < 4.78 is 45.3. The Morgan fingerprint density at radius 1 is 1.16 bits per heavy atom. The highest BCUT2D eigenvalue weighted by Gasteiger charge is 2.36. The lowest BCUT2D eigenvalue weighted by atomic mass is 10.00. The Bertz CT molecular complexity index is 1350. The zero-order chi connectivity index (χ0) is 26.7. The van der Waals surface area contributed by atoms with E-state index < -0.39 is 35.4 Å². The molecule has 3 heterocycles. The van der Waals surface area contributed by atoms with Crippen molar-refractivity contribution in [3.63, 3.8) is 0 Å². The highest BCUT2D eigenvalue weighted by atomic mass is 19.4. The highest BCUT2D eigenvalue weighted by Crippen LogP contribution is 2.36. The largest absolute Gasteiger partial charge is 0.490 e. The number of aromatic nitrogens is 3. The van der Waals surface area contributed by atoms with Crippen LogP contribution in [0.3, 0.4) is 0 Å². The number of likely N-dealkylation sites (tertiary alicyclic amines) is 1. The number of alkyl halides is 3. The van der Waals surface area contributed by atoms with Crippen LogP contribution in [-0.2, 0) is 11.0 Å². The van der Waals surface area contributed by atoms with Gasteiger partial charge in [0, 0.05) is 38.3 Å². The van der Waals surface area contributed by atoms with Gasteiger partial charge in [0.25, 0.3) is 11.5 Å². The number of carbonyl (C=O) groups excluding carboxylic acids is 2. The average Bonchev–Trinajstić information content (AvgIpc) is 2.86. The van der Waals surface area contributed by atoms with Crippen LogP contribution in [-0.4, -0.2) is 56.9 Å². The third kappa shape index (κ3) is 5.89. The maximum absolute atomic E-state index is 13.3. The topological polar surface area (TPSA) is 117 Å². The van der Waals surface area contributed by atoms with Crippen molar-refractivity contribution in [2.45, 2.75) is 45.0 Å². The molecule has 37 heavy (non-hydrogen) atoms. The van der Waals surface area contributed by atoms with E-state index in [0.29, 0.717) is 23.9 Å². The Hall–Kier alpha value is -3.96. The van der Waals surface area contributed by atoms with Crippen LogP contribution in [0.25, 0.3) is 11.0 Å². The lowest BCUT2D eigenvalue weighted by Gasteiger charge is -2.35. The Morgan fingerprint density at radius 3 is 2.54 bits per heavy atom. The lowest BCUT2D eigenvalue weighted by Crippen LogP contribution is -2.54. The van der Waals surface area contributed by atoms with Crippen molar-refractivity contribution >= 4 is 22.8 Å². The summed E-state index contributed by atoms with van der Waals surface area (Å²) in [4.78, 5) is 50.4. The fourth-order valence-corrected chi connectivity index (χ4v) is 4.17. The summed E-state index contributed by atoms with van der Waals surface area (Å²) in [5.41, 5.74) is -1.04. The number of ether oxygens (including phenoxy) is 1. The van der Waals surface area contributed by atoms with Crippen LogP contribution in [0.4, 0.5) is 13.2 Å². The number of hydrogen-bond acceptors (Lipinski definition) is 6. The standard InChI is InChI=1S/C25H26F3N5O4/c1-14(2)20(32-23(35)21-22(34)31-18-6-4-3-5-17(18)30-21)24(36)33-11-8-15(9-12-33)37-19-7-10-29-13-16(19)25(26,27)28/h3-7,10,13-15,20H,8-9,11-12H2,1-2H3,(H,31,34)(H,32,35)/t20-/m0/s1. The summed E-state index contributed by atoms with van der Waals surface area (Å²) in [6.45, 7) is 4.01. The second kappa shape index (κ2) is 10.6. The summed E-state index contributed by atoms with van der Waals surface area (Å²) in [7, 11) is 0. The van der Waals surface area contributed by atoms with E-state index in [-0.39, 0.29) is 36.4 Å². The monoisotopic (exact) mass is 517 g/mol. The van der Waals surface area contributed by atoms with Gasteiger partial charge in [0.2, 0.25) is 5.91 Å². The van der Waals surface area contributed by atoms with Crippen molar-refractivity contribution in [3.05, 3.63) is 64.3 Å². The minimum absolute atomic E-state index is 0.240. The summed E-state index contributed by atoms with van der Waals surface area (Å²) in [5.74, 6) is -1.71. The van der Waals surface area contributed by atoms with Crippen LogP contribution in [0.15, 0.2) is 47.5 Å². The van der Waals surface area contributed by atoms with Gasteiger partial charge in [0.1, 0.15) is 23.5 Å². The van der Waals surface area contributed by atoms with Gasteiger partial charge < -0.3 is 19.9 Å². The van der Waals surface area contributed by atoms with Crippen LogP contribution in [0.2, 0.25) is 0 Å². The highest BCUT2D eigenvalue weighted by molar-refractivity contribution is 5.97. The van der Waals surface area contributed by atoms with E-state index in [9.17, 15) is 27.6 Å². The maximum atomic E-state index is 13.3. The number of aromatic amines is 1. The van der Waals surface area contributed by atoms with Gasteiger partial charge in [-0.1, -0.05) is 26.0 Å². The van der Waals surface area contributed by atoms with E-state index in [4.69, 9.17) is 4.74 Å². The molecule has 0 spiro atoms. The number of halogens is 3. The lowest BCUT2D eigenvalue weighted by molar-refractivity contribution is -0.139. The quantitative estimate of drug-likeness (QED) is 0.519. The molecule has 12 heteroatoms. The number of fused-ring (bicyclic) bond motifs is 1. The number of nitrogens with zero attached hydrogens (tertiary/aromatic N) is 3. The van der Waals surface area contributed by atoms with Crippen molar-refractivity contribution in [3.8, 4) is 5.75 Å². The van der Waals surface area contributed by atoms with E-state index in [1.165, 1.54) is 12.3 Å². The normalized spacial score (nSPS) is 15.6. The summed E-state index contributed by atoms with van der Waals surface area (Å²) in [6.07, 6.45) is -2.52. The molecule has 1 aliphatic heterocycles. The number of amides is 2. The van der Waals surface area contributed by atoms with E-state index >= 15 is 0 Å². The van der Waals surface area contributed by atoms with Gasteiger partial charge in [-0.3, -0.25) is 19.4 Å². The van der Waals surface area contributed by atoms with Gasteiger partial charge in [-0.2, -0.15) is 13.2 Å². The Balaban J connectivity index is 1.41. The first-order valence-electron chi connectivity index (χ1n) is 11.8. The zero-order valence-corrected chi connectivity index (χ0v) is 20.2. The fourth-order valence-electron chi connectivity index (χ4n) is 4.17. The molecule has 0 unspecified atom stereocenters. The Morgan fingerprint density at radius 2 is 1.86 bits per heavy atom. The molecule has 1 aliphatic rings. The molecule has 0 aliphatic carbocycles. The third-order valence-corrected chi connectivity index (χ3v) is 6.17. The summed E-state index contributed by atoms with van der Waals surface area (Å²) in [6, 6.07) is 7.03. The zero-order valence-electron chi connectivity index (χ0n) is 20.2. The molecule has 0 bridgehead atoms. The number of carbonyl (C=O) groups is 2. The molecule has 1 saturated heterocycles. The molecule has 1 aromatic carbocycles. The molecule has 0 radical (unpaired) electrons. The second-order valence-electron chi connectivity index (χ2n) is 9.14. The predicted octanol–water partition coefficient (Wildman–Crippen LogP) is 3.16. The van der Waals surface area contributed by atoms with Crippen molar-refractivity contribution in [1.29, 1.82) is 0 Å². The molecule has 1 fully saturated rings. The number of benzene rings is 1. The number of para-hydroxylation sites is 2. The van der Waals surface area contributed by atoms with Gasteiger partial charge in [0.05, 0.1) is 11.0 Å². The van der Waals surface area contributed by atoms with E-state index in [2.05, 4.69) is 20.3 Å².